The molecule has 2 rings (SSSR count). The number of nitrogens with one attached hydrogen (secondary N) is 1. The first kappa shape index (κ1) is 21.2. The van der Waals surface area contributed by atoms with E-state index in [0.717, 1.165) is 18.2 Å². The molecule has 0 aliphatic rings. The van der Waals surface area contributed by atoms with Crippen LogP contribution in [-0.2, 0) is 16.2 Å². The molecule has 0 aromatic heterocycles. The largest absolute Gasteiger partial charge is 0.482 e. The average molecular weight is 434 g/mol. The molecule has 0 unspecified atom stereocenters. The van der Waals surface area contributed by atoms with Gasteiger partial charge in [0.2, 0.25) is 0 Å². The molecular weight excluding hydrogens is 424 g/mol. The number of benzene rings is 2. The van der Waals surface area contributed by atoms with E-state index >= 15 is 0 Å². The number of sulfonamides is 1. The van der Waals surface area contributed by atoms with Crippen molar-refractivity contribution in [3.63, 3.8) is 0 Å². The van der Waals surface area contributed by atoms with Gasteiger partial charge < -0.3 is 4.74 Å². The van der Waals surface area contributed by atoms with Crippen molar-refractivity contribution < 1.29 is 39.5 Å². The predicted octanol–water partition coefficient (Wildman–Crippen LogP) is 5.10. The van der Waals surface area contributed by atoms with Crippen LogP contribution in [-0.4, -0.2) is 21.2 Å². The van der Waals surface area contributed by atoms with Crippen molar-refractivity contribution in [1.82, 2.24) is 0 Å². The van der Waals surface area contributed by atoms with Crippen LogP contribution in [0.5, 0.6) is 5.75 Å². The number of para-hydroxylation sites is 2. The molecular formula is C15H10ClF6NO3S. The third-order valence-electron chi connectivity index (χ3n) is 3.07. The second kappa shape index (κ2) is 7.47. The van der Waals surface area contributed by atoms with Gasteiger partial charge in [-0.15, -0.1) is 0 Å². The van der Waals surface area contributed by atoms with Crippen molar-refractivity contribution in [2.75, 3.05) is 11.3 Å². The van der Waals surface area contributed by atoms with Crippen LogP contribution >= 0.6 is 11.6 Å². The van der Waals surface area contributed by atoms with Gasteiger partial charge in [-0.25, -0.2) is 8.42 Å². The highest BCUT2D eigenvalue weighted by Gasteiger charge is 2.33. The molecule has 0 fully saturated rings. The zero-order chi connectivity index (χ0) is 20.5. The molecule has 0 heterocycles. The van der Waals surface area contributed by atoms with Crippen LogP contribution in [0.4, 0.5) is 32.0 Å². The third kappa shape index (κ3) is 5.67. The molecule has 0 saturated heterocycles. The topological polar surface area (TPSA) is 55.4 Å². The van der Waals surface area contributed by atoms with Crippen molar-refractivity contribution in [2.45, 2.75) is 17.2 Å². The Morgan fingerprint density at radius 1 is 1.00 bits per heavy atom. The summed E-state index contributed by atoms with van der Waals surface area (Å²) in [6.45, 7) is -1.68. The van der Waals surface area contributed by atoms with Gasteiger partial charge in [0.15, 0.2) is 6.61 Å². The molecule has 0 aliphatic carbocycles. The zero-order valence-electron chi connectivity index (χ0n) is 13.0. The van der Waals surface area contributed by atoms with E-state index in [1.165, 1.54) is 12.1 Å². The Kier molecular flexibility index (Phi) is 5.85. The molecule has 0 amide bonds. The van der Waals surface area contributed by atoms with Crippen molar-refractivity contribution in [3.05, 3.63) is 53.1 Å². The number of rotatable bonds is 5. The highest BCUT2D eigenvalue weighted by atomic mass is 35.5. The maximum absolute atomic E-state index is 12.8. The van der Waals surface area contributed by atoms with Gasteiger partial charge in [0, 0.05) is 0 Å². The molecule has 0 radical (unpaired) electrons. The second-order valence-corrected chi connectivity index (χ2v) is 7.21. The van der Waals surface area contributed by atoms with Crippen LogP contribution in [0.25, 0.3) is 0 Å². The summed E-state index contributed by atoms with van der Waals surface area (Å²) in [6.07, 6.45) is -9.49. The van der Waals surface area contributed by atoms with Gasteiger partial charge in [-0.3, -0.25) is 4.72 Å². The van der Waals surface area contributed by atoms with Crippen molar-refractivity contribution >= 4 is 27.3 Å². The summed E-state index contributed by atoms with van der Waals surface area (Å²) in [5, 5.41) is -0.496. The zero-order valence-corrected chi connectivity index (χ0v) is 14.6. The lowest BCUT2D eigenvalue weighted by Crippen LogP contribution is -2.20. The number of halogens is 7. The first-order valence-corrected chi connectivity index (χ1v) is 8.84. The molecule has 0 spiro atoms. The van der Waals surface area contributed by atoms with Crippen LogP contribution in [0.1, 0.15) is 5.56 Å². The van der Waals surface area contributed by atoms with Crippen molar-refractivity contribution in [3.8, 4) is 5.75 Å². The Bertz CT molecular complexity index is 928. The summed E-state index contributed by atoms with van der Waals surface area (Å²) in [5.41, 5.74) is -1.65. The highest BCUT2D eigenvalue weighted by Crippen LogP contribution is 2.35. The molecule has 0 saturated carbocycles. The van der Waals surface area contributed by atoms with Gasteiger partial charge in [-0.2, -0.15) is 26.3 Å². The van der Waals surface area contributed by atoms with E-state index in [1.54, 1.807) is 0 Å². The van der Waals surface area contributed by atoms with Gasteiger partial charge in [0.1, 0.15) is 10.6 Å². The Labute approximate surface area is 154 Å². The summed E-state index contributed by atoms with van der Waals surface area (Å²) in [4.78, 5) is -0.885. The summed E-state index contributed by atoms with van der Waals surface area (Å²) in [5.74, 6) is -0.457. The van der Waals surface area contributed by atoms with Crippen LogP contribution < -0.4 is 9.46 Å². The molecule has 12 heteroatoms. The maximum atomic E-state index is 12.8. The van der Waals surface area contributed by atoms with E-state index in [4.69, 9.17) is 11.6 Å². The molecule has 4 nitrogen and oxygen atoms in total. The number of hydrogen-bond acceptors (Lipinski definition) is 3. The predicted molar refractivity (Wildman–Crippen MR) is 85.3 cm³/mol. The van der Waals surface area contributed by atoms with E-state index in [1.807, 2.05) is 4.72 Å². The van der Waals surface area contributed by atoms with Crippen molar-refractivity contribution in [1.29, 1.82) is 0 Å². The van der Waals surface area contributed by atoms with Gasteiger partial charge >= 0.3 is 12.4 Å². The molecule has 1 N–H and O–H groups in total. The lowest BCUT2D eigenvalue weighted by molar-refractivity contribution is -0.153. The summed E-state index contributed by atoms with van der Waals surface area (Å²) in [6, 6.07) is 6.42. The molecule has 0 atom stereocenters. The van der Waals surface area contributed by atoms with E-state index in [2.05, 4.69) is 4.74 Å². The van der Waals surface area contributed by atoms with Gasteiger partial charge in [0.25, 0.3) is 10.0 Å². The minimum atomic E-state index is -4.82. The molecule has 148 valence electrons. The second-order valence-electron chi connectivity index (χ2n) is 5.15. The average Bonchev–Trinajstić information content (AvgIpc) is 2.52. The van der Waals surface area contributed by atoms with Crippen molar-refractivity contribution in [2.24, 2.45) is 0 Å². The van der Waals surface area contributed by atoms with Gasteiger partial charge in [-0.05, 0) is 30.3 Å². The van der Waals surface area contributed by atoms with E-state index < -0.39 is 55.9 Å². The monoisotopic (exact) mass is 433 g/mol. The summed E-state index contributed by atoms with van der Waals surface area (Å²) in [7, 11) is -4.65. The molecule has 0 aliphatic heterocycles. The summed E-state index contributed by atoms with van der Waals surface area (Å²) >= 11 is 5.69. The minimum Gasteiger partial charge on any atom is -0.482 e. The van der Waals surface area contributed by atoms with Crippen LogP contribution in [0.15, 0.2) is 47.4 Å². The fraction of sp³-hybridized carbons (Fsp3) is 0.200. The summed E-state index contributed by atoms with van der Waals surface area (Å²) < 4.78 is 107. The first-order valence-electron chi connectivity index (χ1n) is 6.98. The number of alkyl halides is 6. The smallest absolute Gasteiger partial charge is 0.422 e. The lowest BCUT2D eigenvalue weighted by atomic mass is 10.2. The maximum Gasteiger partial charge on any atom is 0.422 e. The fourth-order valence-electron chi connectivity index (χ4n) is 1.92. The Morgan fingerprint density at radius 2 is 1.63 bits per heavy atom. The molecule has 2 aromatic carbocycles. The number of hydrogen-bond donors (Lipinski definition) is 1. The molecule has 0 bridgehead atoms. The van der Waals surface area contributed by atoms with E-state index in [0.29, 0.717) is 12.1 Å². The first-order chi connectivity index (χ1) is 12.3. The van der Waals surface area contributed by atoms with Gasteiger partial charge in [0.05, 0.1) is 16.3 Å². The quantitative estimate of drug-likeness (QED) is 0.667. The molecule has 27 heavy (non-hydrogen) atoms. The highest BCUT2D eigenvalue weighted by molar-refractivity contribution is 7.92. The Hall–Kier alpha value is -2.14. The van der Waals surface area contributed by atoms with Gasteiger partial charge in [-0.1, -0.05) is 23.7 Å². The minimum absolute atomic E-state index is 0.323. The number of ether oxygens (including phenoxy) is 1. The lowest BCUT2D eigenvalue weighted by Gasteiger charge is -2.16. The third-order valence-corrected chi connectivity index (χ3v) is 4.92. The van der Waals surface area contributed by atoms with Crippen LogP contribution in [0.2, 0.25) is 5.02 Å². The Morgan fingerprint density at radius 3 is 2.22 bits per heavy atom. The normalized spacial score (nSPS) is 12.7. The fourth-order valence-corrected chi connectivity index (χ4v) is 3.52. The van der Waals surface area contributed by atoms with E-state index in [-0.39, 0.29) is 0 Å². The SMILES string of the molecule is O=S(=O)(Nc1ccccc1OCC(F)(F)F)c1cc(C(F)(F)F)ccc1Cl. The van der Waals surface area contributed by atoms with E-state index in [9.17, 15) is 34.8 Å². The molecule has 2 aromatic rings. The van der Waals surface area contributed by atoms with Crippen LogP contribution in [0, 0.1) is 0 Å². The number of anilines is 1. The Balaban J connectivity index is 2.38. The van der Waals surface area contributed by atoms with Crippen LogP contribution in [0.3, 0.4) is 0 Å². The standard InChI is InChI=1S/C15H10ClF6NO3S/c16-10-6-5-9(15(20,21)22)7-13(10)27(24,25)23-11-3-1-2-4-12(11)26-8-14(17,18)19/h1-7,23H,8H2.